The molecule has 1 nitrogen and oxygen atoms in total. The minimum absolute atomic E-state index is 0.163. The van der Waals surface area contributed by atoms with Gasteiger partial charge in [-0.3, -0.25) is 0 Å². The van der Waals surface area contributed by atoms with Crippen molar-refractivity contribution in [2.24, 2.45) is 0 Å². The van der Waals surface area contributed by atoms with Crippen molar-refractivity contribution in [2.75, 3.05) is 4.90 Å². The molecule has 0 saturated heterocycles. The third-order valence-corrected chi connectivity index (χ3v) is 11.7. The van der Waals surface area contributed by atoms with E-state index in [1.807, 2.05) is 0 Å². The van der Waals surface area contributed by atoms with Crippen molar-refractivity contribution in [3.05, 3.63) is 223 Å². The van der Waals surface area contributed by atoms with Gasteiger partial charge in [0, 0.05) is 22.5 Å². The Hall–Kier alpha value is -6.96. The van der Waals surface area contributed by atoms with Crippen molar-refractivity contribution in [1.29, 1.82) is 0 Å². The Bertz CT molecular complexity index is 2830. The number of hydrogen-bond donors (Lipinski definition) is 0. The molecule has 0 aliphatic heterocycles. The van der Waals surface area contributed by atoms with E-state index in [-0.39, 0.29) is 5.41 Å². The van der Waals surface area contributed by atoms with E-state index in [0.29, 0.717) is 0 Å². The first kappa shape index (κ1) is 33.6. The minimum Gasteiger partial charge on any atom is -0.310 e. The molecule has 10 rings (SSSR count). The molecule has 0 atom stereocenters. The number of fused-ring (bicyclic) bond motifs is 4. The van der Waals surface area contributed by atoms with E-state index in [0.717, 1.165) is 17.1 Å². The van der Waals surface area contributed by atoms with E-state index < -0.39 is 0 Å². The highest BCUT2D eigenvalue weighted by atomic mass is 15.1. The van der Waals surface area contributed by atoms with Crippen LogP contribution in [-0.2, 0) is 5.41 Å². The van der Waals surface area contributed by atoms with E-state index in [1.54, 1.807) is 0 Å². The molecule has 0 saturated carbocycles. The number of nitrogens with zero attached hydrogens (tertiary/aromatic N) is 1. The summed E-state index contributed by atoms with van der Waals surface area (Å²) in [7, 11) is 0. The van der Waals surface area contributed by atoms with E-state index in [4.69, 9.17) is 0 Å². The Morgan fingerprint density at radius 2 is 0.732 bits per heavy atom. The lowest BCUT2D eigenvalue weighted by molar-refractivity contribution is 0.660. The molecule has 9 aromatic carbocycles. The predicted octanol–water partition coefficient (Wildman–Crippen LogP) is 15.3. The fraction of sp³-hybridized carbons (Fsp3) is 0.0545. The topological polar surface area (TPSA) is 3.24 Å². The van der Waals surface area contributed by atoms with Gasteiger partial charge >= 0.3 is 0 Å². The van der Waals surface area contributed by atoms with Gasteiger partial charge < -0.3 is 4.90 Å². The van der Waals surface area contributed by atoms with Crippen molar-refractivity contribution in [3.8, 4) is 55.6 Å². The first-order chi connectivity index (χ1) is 27.5. The SMILES string of the molecule is CC1(C)c2cc(-c3cccc4ccccc34)ccc2-c2ccc(N(c3ccccc3)c3ccc(-c4ccc(-c5ccc(-c6ccccc6)cc5)cc4)cc3)cc21. The zero-order chi connectivity index (χ0) is 37.6. The van der Waals surface area contributed by atoms with Gasteiger partial charge in [-0.1, -0.05) is 184 Å². The van der Waals surface area contributed by atoms with Crippen LogP contribution in [0, 0.1) is 0 Å². The second-order valence-corrected chi connectivity index (χ2v) is 15.4. The Balaban J connectivity index is 0.952. The van der Waals surface area contributed by atoms with Gasteiger partial charge in [0.1, 0.15) is 0 Å². The smallest absolute Gasteiger partial charge is 0.0465 e. The summed E-state index contributed by atoms with van der Waals surface area (Å²) in [4.78, 5) is 2.38. The molecule has 9 aromatic rings. The van der Waals surface area contributed by atoms with Crippen LogP contribution in [0.5, 0.6) is 0 Å². The highest BCUT2D eigenvalue weighted by molar-refractivity contribution is 5.98. The average molecular weight is 716 g/mol. The van der Waals surface area contributed by atoms with E-state index >= 15 is 0 Å². The summed E-state index contributed by atoms with van der Waals surface area (Å²) in [5, 5.41) is 2.56. The maximum absolute atomic E-state index is 2.43. The molecule has 266 valence electrons. The van der Waals surface area contributed by atoms with Crippen LogP contribution in [-0.4, -0.2) is 0 Å². The molecular formula is C55H41N. The first-order valence-electron chi connectivity index (χ1n) is 19.5. The molecule has 0 N–H and O–H groups in total. The van der Waals surface area contributed by atoms with Crippen molar-refractivity contribution in [3.63, 3.8) is 0 Å². The summed E-state index contributed by atoms with van der Waals surface area (Å²) in [6.07, 6.45) is 0. The number of rotatable bonds is 7. The van der Waals surface area contributed by atoms with Gasteiger partial charge in [0.15, 0.2) is 0 Å². The van der Waals surface area contributed by atoms with E-state index in [2.05, 4.69) is 231 Å². The summed E-state index contributed by atoms with van der Waals surface area (Å²) in [6, 6.07) is 77.4. The largest absolute Gasteiger partial charge is 0.310 e. The Morgan fingerprint density at radius 1 is 0.304 bits per heavy atom. The molecule has 0 unspecified atom stereocenters. The van der Waals surface area contributed by atoms with Crippen molar-refractivity contribution < 1.29 is 0 Å². The summed E-state index contributed by atoms with van der Waals surface area (Å²) in [5.41, 5.74) is 18.5. The molecule has 0 fully saturated rings. The lowest BCUT2D eigenvalue weighted by atomic mass is 9.81. The molecule has 0 spiro atoms. The highest BCUT2D eigenvalue weighted by Gasteiger charge is 2.36. The van der Waals surface area contributed by atoms with Crippen LogP contribution in [0.15, 0.2) is 212 Å². The minimum atomic E-state index is -0.163. The summed E-state index contributed by atoms with van der Waals surface area (Å²) in [6.45, 7) is 4.75. The van der Waals surface area contributed by atoms with Crippen molar-refractivity contribution in [2.45, 2.75) is 19.3 Å². The number of para-hydroxylation sites is 1. The normalized spacial score (nSPS) is 12.6. The van der Waals surface area contributed by atoms with Gasteiger partial charge in [0.2, 0.25) is 0 Å². The summed E-state index contributed by atoms with van der Waals surface area (Å²) in [5.74, 6) is 0. The summed E-state index contributed by atoms with van der Waals surface area (Å²) >= 11 is 0. The van der Waals surface area contributed by atoms with Crippen LogP contribution in [0.4, 0.5) is 17.1 Å². The molecule has 0 heterocycles. The van der Waals surface area contributed by atoms with Gasteiger partial charge in [0.25, 0.3) is 0 Å². The van der Waals surface area contributed by atoms with Crippen LogP contribution < -0.4 is 4.90 Å². The Labute approximate surface area is 329 Å². The van der Waals surface area contributed by atoms with Crippen molar-refractivity contribution in [1.82, 2.24) is 0 Å². The van der Waals surface area contributed by atoms with Crippen LogP contribution in [0.1, 0.15) is 25.0 Å². The zero-order valence-electron chi connectivity index (χ0n) is 31.7. The fourth-order valence-electron chi connectivity index (χ4n) is 8.68. The number of anilines is 3. The molecule has 0 aromatic heterocycles. The highest BCUT2D eigenvalue weighted by Crippen LogP contribution is 2.52. The van der Waals surface area contributed by atoms with Crippen molar-refractivity contribution >= 4 is 27.8 Å². The Morgan fingerprint density at radius 3 is 1.36 bits per heavy atom. The lowest BCUT2D eigenvalue weighted by Gasteiger charge is -2.28. The lowest BCUT2D eigenvalue weighted by Crippen LogP contribution is -2.16. The molecule has 1 aliphatic carbocycles. The van der Waals surface area contributed by atoms with Gasteiger partial charge in [-0.05, 0) is 120 Å². The van der Waals surface area contributed by atoms with Crippen LogP contribution in [0.2, 0.25) is 0 Å². The molecule has 0 radical (unpaired) electrons. The number of hydrogen-bond acceptors (Lipinski definition) is 1. The van der Waals surface area contributed by atoms with Gasteiger partial charge in [0.05, 0.1) is 0 Å². The maximum Gasteiger partial charge on any atom is 0.0465 e. The quantitative estimate of drug-likeness (QED) is 0.159. The predicted molar refractivity (Wildman–Crippen MR) is 238 cm³/mol. The first-order valence-corrected chi connectivity index (χ1v) is 19.5. The second-order valence-electron chi connectivity index (χ2n) is 15.4. The molecule has 0 bridgehead atoms. The van der Waals surface area contributed by atoms with Crippen LogP contribution in [0.3, 0.4) is 0 Å². The molecule has 56 heavy (non-hydrogen) atoms. The standard InChI is InChI=1S/C55H41N/c1-55(2)53-36-45(50-19-11-15-44-14-9-10-18-49(44)50)30-34-51(53)52-35-33-48(37-54(52)55)56(46-16-7-4-8-17-46)47-31-28-43(29-32-47)42-26-24-41(25-27-42)40-22-20-39(21-23-40)38-12-5-3-6-13-38/h3-37H,1-2H3. The zero-order valence-corrected chi connectivity index (χ0v) is 31.7. The maximum atomic E-state index is 2.43. The summed E-state index contributed by atoms with van der Waals surface area (Å²) < 4.78 is 0. The van der Waals surface area contributed by atoms with Crippen LogP contribution in [0.25, 0.3) is 66.4 Å². The van der Waals surface area contributed by atoms with E-state index in [1.165, 1.54) is 77.5 Å². The molecule has 0 amide bonds. The third kappa shape index (κ3) is 5.90. The van der Waals surface area contributed by atoms with Gasteiger partial charge in [-0.15, -0.1) is 0 Å². The van der Waals surface area contributed by atoms with Crippen LogP contribution >= 0.6 is 0 Å². The number of benzene rings is 9. The Kier molecular flexibility index (Phi) is 8.23. The monoisotopic (exact) mass is 715 g/mol. The third-order valence-electron chi connectivity index (χ3n) is 11.7. The fourth-order valence-corrected chi connectivity index (χ4v) is 8.68. The molecule has 1 aliphatic rings. The van der Waals surface area contributed by atoms with Gasteiger partial charge in [-0.2, -0.15) is 0 Å². The second kappa shape index (κ2) is 13.7. The molecule has 1 heteroatoms. The molecular weight excluding hydrogens is 675 g/mol. The van der Waals surface area contributed by atoms with Gasteiger partial charge in [-0.25, -0.2) is 0 Å². The average Bonchev–Trinajstić information content (AvgIpc) is 3.49. The van der Waals surface area contributed by atoms with E-state index in [9.17, 15) is 0 Å².